The molecule has 1 atom stereocenters. The molecule has 3 heteroatoms. The van der Waals surface area contributed by atoms with Crippen LogP contribution in [0.1, 0.15) is 26.7 Å². The van der Waals surface area contributed by atoms with Crippen molar-refractivity contribution in [1.82, 2.24) is 10.2 Å². The van der Waals surface area contributed by atoms with E-state index < -0.39 is 0 Å². The van der Waals surface area contributed by atoms with E-state index >= 15 is 0 Å². The third-order valence-electron chi connectivity index (χ3n) is 1.69. The maximum Gasteiger partial charge on any atom is 0.217 e. The van der Waals surface area contributed by atoms with E-state index in [1.165, 1.54) is 0 Å². The number of nitrogens with one attached hydrogen (secondary N) is 1. The van der Waals surface area contributed by atoms with Gasteiger partial charge in [0.2, 0.25) is 5.91 Å². The highest BCUT2D eigenvalue weighted by Gasteiger charge is 2.02. The van der Waals surface area contributed by atoms with Gasteiger partial charge in [0.25, 0.3) is 0 Å². The molecule has 12 heavy (non-hydrogen) atoms. The maximum atomic E-state index is 10.6. The summed E-state index contributed by atoms with van der Waals surface area (Å²) in [4.78, 5) is 12.8. The van der Waals surface area contributed by atoms with E-state index in [4.69, 9.17) is 0 Å². The zero-order valence-electron chi connectivity index (χ0n) is 8.55. The number of rotatable bonds is 5. The molecule has 0 fully saturated rings. The van der Waals surface area contributed by atoms with Gasteiger partial charge in [-0.25, -0.2) is 0 Å². The summed E-state index contributed by atoms with van der Waals surface area (Å²) in [6.45, 7) is 4.68. The van der Waals surface area contributed by atoms with E-state index in [1.807, 2.05) is 6.92 Å². The van der Waals surface area contributed by atoms with Gasteiger partial charge in [0.1, 0.15) is 0 Å². The Morgan fingerprint density at radius 1 is 1.50 bits per heavy atom. The summed E-state index contributed by atoms with van der Waals surface area (Å²) < 4.78 is 0. The maximum absolute atomic E-state index is 10.6. The van der Waals surface area contributed by atoms with Gasteiger partial charge in [-0.3, -0.25) is 4.79 Å². The Labute approximate surface area is 75.1 Å². The largest absolute Gasteiger partial charge is 0.354 e. The van der Waals surface area contributed by atoms with Crippen LogP contribution in [-0.2, 0) is 4.79 Å². The lowest BCUT2D eigenvalue weighted by atomic mass is 10.2. The number of amides is 1. The summed E-state index contributed by atoms with van der Waals surface area (Å²) in [6, 6.07) is 0.308. The van der Waals surface area contributed by atoms with Crippen LogP contribution in [-0.4, -0.2) is 37.5 Å². The molecular formula is C9H20N2O. The molecule has 0 aliphatic heterocycles. The summed E-state index contributed by atoms with van der Waals surface area (Å²) in [5.74, 6) is 0.0624. The molecule has 0 aliphatic rings. The first-order chi connectivity index (χ1) is 5.52. The molecule has 3 nitrogen and oxygen atoms in total. The van der Waals surface area contributed by atoms with Gasteiger partial charge < -0.3 is 10.2 Å². The van der Waals surface area contributed by atoms with Crippen LogP contribution in [0.15, 0.2) is 0 Å². The van der Waals surface area contributed by atoms with Gasteiger partial charge in [0, 0.05) is 13.0 Å². The topological polar surface area (TPSA) is 32.3 Å². The zero-order chi connectivity index (χ0) is 9.56. The number of nitrogens with zero attached hydrogens (tertiary/aromatic N) is 1. The molecule has 0 aliphatic carbocycles. The number of hydrogen-bond donors (Lipinski definition) is 1. The molecule has 0 spiro atoms. The van der Waals surface area contributed by atoms with Crippen LogP contribution in [0.25, 0.3) is 0 Å². The average Bonchev–Trinajstić information content (AvgIpc) is 1.84. The highest BCUT2D eigenvalue weighted by Crippen LogP contribution is 1.96. The Morgan fingerprint density at radius 3 is 2.50 bits per heavy atom. The molecule has 0 aromatic carbocycles. The van der Waals surface area contributed by atoms with Crippen molar-refractivity contribution < 1.29 is 4.79 Å². The Bertz CT molecular complexity index is 134. The highest BCUT2D eigenvalue weighted by atomic mass is 16.1. The Hall–Kier alpha value is -0.570. The summed E-state index contributed by atoms with van der Waals surface area (Å²) in [6.07, 6.45) is 2.19. The van der Waals surface area contributed by atoms with Crippen LogP contribution in [0, 0.1) is 0 Å². The van der Waals surface area contributed by atoms with E-state index in [0.29, 0.717) is 6.04 Å². The van der Waals surface area contributed by atoms with E-state index in [1.54, 1.807) is 6.92 Å². The van der Waals surface area contributed by atoms with Gasteiger partial charge in [-0.15, -0.1) is 0 Å². The van der Waals surface area contributed by atoms with Crippen LogP contribution in [0.4, 0.5) is 0 Å². The molecule has 1 amide bonds. The molecule has 0 bridgehead atoms. The Morgan fingerprint density at radius 2 is 2.08 bits per heavy atom. The van der Waals surface area contributed by atoms with Crippen molar-refractivity contribution in [1.29, 1.82) is 0 Å². The minimum atomic E-state index is 0.0624. The third-order valence-corrected chi connectivity index (χ3v) is 1.69. The van der Waals surface area contributed by atoms with Crippen LogP contribution in [0.3, 0.4) is 0 Å². The summed E-state index contributed by atoms with van der Waals surface area (Å²) >= 11 is 0. The third kappa shape index (κ3) is 7.54. The van der Waals surface area contributed by atoms with Crippen molar-refractivity contribution in [3.8, 4) is 0 Å². The molecule has 0 radical (unpaired) electrons. The summed E-state index contributed by atoms with van der Waals surface area (Å²) in [5, 5.41) is 2.86. The lowest BCUT2D eigenvalue weighted by molar-refractivity contribution is -0.119. The normalized spacial score (nSPS) is 13.1. The molecular weight excluding hydrogens is 152 g/mol. The number of hydrogen-bond acceptors (Lipinski definition) is 2. The molecule has 1 unspecified atom stereocenters. The van der Waals surface area contributed by atoms with E-state index in [9.17, 15) is 4.79 Å². The minimum absolute atomic E-state index is 0.0624. The number of carbonyl (C=O) groups is 1. The smallest absolute Gasteiger partial charge is 0.217 e. The van der Waals surface area contributed by atoms with E-state index in [-0.39, 0.29) is 5.91 Å². The molecule has 0 aromatic heterocycles. The lowest BCUT2D eigenvalue weighted by Gasteiger charge is -2.14. The molecule has 0 aromatic rings. The first-order valence-electron chi connectivity index (χ1n) is 4.44. The van der Waals surface area contributed by atoms with Crippen LogP contribution in [0.5, 0.6) is 0 Å². The fourth-order valence-corrected chi connectivity index (χ4v) is 1.13. The van der Waals surface area contributed by atoms with Crippen molar-refractivity contribution in [2.24, 2.45) is 0 Å². The second kappa shape index (κ2) is 6.00. The standard InChI is InChI=1S/C9H20N2O/c1-8(10-9(2)12)6-5-7-11(3)4/h8H,5-7H2,1-4H3,(H,10,12). The molecule has 0 saturated heterocycles. The van der Waals surface area contributed by atoms with Gasteiger partial charge >= 0.3 is 0 Å². The fourth-order valence-electron chi connectivity index (χ4n) is 1.13. The second-order valence-electron chi connectivity index (χ2n) is 3.55. The second-order valence-corrected chi connectivity index (χ2v) is 3.55. The van der Waals surface area contributed by atoms with Crippen molar-refractivity contribution >= 4 is 5.91 Å². The molecule has 0 saturated carbocycles. The van der Waals surface area contributed by atoms with Crippen molar-refractivity contribution in [3.05, 3.63) is 0 Å². The average molecular weight is 172 g/mol. The summed E-state index contributed by atoms with van der Waals surface area (Å²) in [5.41, 5.74) is 0. The molecule has 0 rings (SSSR count). The Balaban J connectivity index is 3.31. The van der Waals surface area contributed by atoms with E-state index in [0.717, 1.165) is 19.4 Å². The predicted molar refractivity (Wildman–Crippen MR) is 51.1 cm³/mol. The fraction of sp³-hybridized carbons (Fsp3) is 0.889. The quantitative estimate of drug-likeness (QED) is 0.667. The lowest BCUT2D eigenvalue weighted by Crippen LogP contribution is -2.30. The van der Waals surface area contributed by atoms with Crippen LogP contribution >= 0.6 is 0 Å². The molecule has 0 heterocycles. The predicted octanol–water partition coefficient (Wildman–Crippen LogP) is 0.853. The van der Waals surface area contributed by atoms with Gasteiger partial charge in [-0.1, -0.05) is 0 Å². The van der Waals surface area contributed by atoms with Crippen LogP contribution in [0.2, 0.25) is 0 Å². The van der Waals surface area contributed by atoms with Gasteiger partial charge in [0.05, 0.1) is 0 Å². The Kier molecular flexibility index (Phi) is 5.72. The van der Waals surface area contributed by atoms with E-state index in [2.05, 4.69) is 24.3 Å². The van der Waals surface area contributed by atoms with Crippen molar-refractivity contribution in [2.75, 3.05) is 20.6 Å². The van der Waals surface area contributed by atoms with Gasteiger partial charge in [-0.2, -0.15) is 0 Å². The minimum Gasteiger partial charge on any atom is -0.354 e. The summed E-state index contributed by atoms with van der Waals surface area (Å²) in [7, 11) is 4.12. The van der Waals surface area contributed by atoms with Crippen molar-refractivity contribution in [2.45, 2.75) is 32.7 Å². The van der Waals surface area contributed by atoms with Gasteiger partial charge in [-0.05, 0) is 40.4 Å². The van der Waals surface area contributed by atoms with Crippen LogP contribution < -0.4 is 5.32 Å². The van der Waals surface area contributed by atoms with Gasteiger partial charge in [0.15, 0.2) is 0 Å². The molecule has 1 N–H and O–H groups in total. The molecule has 72 valence electrons. The SMILES string of the molecule is CC(=O)NC(C)CCCN(C)C. The first-order valence-corrected chi connectivity index (χ1v) is 4.44. The van der Waals surface area contributed by atoms with Crippen molar-refractivity contribution in [3.63, 3.8) is 0 Å². The highest BCUT2D eigenvalue weighted by molar-refractivity contribution is 5.73. The monoisotopic (exact) mass is 172 g/mol. The first kappa shape index (κ1) is 11.4. The zero-order valence-corrected chi connectivity index (χ0v) is 8.55. The number of carbonyl (C=O) groups excluding carboxylic acids is 1.